The zero-order chi connectivity index (χ0) is 14.2. The van der Waals surface area contributed by atoms with Crippen molar-refractivity contribution in [1.82, 2.24) is 0 Å². The van der Waals surface area contributed by atoms with E-state index in [0.29, 0.717) is 12.4 Å². The van der Waals surface area contributed by atoms with Crippen LogP contribution in [0.3, 0.4) is 0 Å². The van der Waals surface area contributed by atoms with Crippen LogP contribution >= 0.6 is 0 Å². The molecule has 0 aliphatic rings. The molecule has 0 saturated heterocycles. The lowest BCUT2D eigenvalue weighted by atomic mass is 10.1. The van der Waals surface area contributed by atoms with Gasteiger partial charge in [0, 0.05) is 0 Å². The first kappa shape index (κ1) is 18.2. The first-order valence-electron chi connectivity index (χ1n) is 7.71. The molecule has 0 amide bonds. The van der Waals surface area contributed by atoms with Crippen LogP contribution in [0.4, 0.5) is 0 Å². The van der Waals surface area contributed by atoms with Gasteiger partial charge in [0.1, 0.15) is 0 Å². The smallest absolute Gasteiger partial charge is 0.189 e. The van der Waals surface area contributed by atoms with Crippen LogP contribution in [0.15, 0.2) is 11.8 Å². The van der Waals surface area contributed by atoms with Gasteiger partial charge in [-0.05, 0) is 18.9 Å². The molecular formula is C16H30O3. The number of ether oxygens (including phenoxy) is 2. The van der Waals surface area contributed by atoms with E-state index in [1.165, 1.54) is 38.5 Å². The second-order valence-corrected chi connectivity index (χ2v) is 4.80. The molecule has 0 fully saturated rings. The zero-order valence-corrected chi connectivity index (χ0v) is 12.7. The maximum Gasteiger partial charge on any atom is 0.189 e. The summed E-state index contributed by atoms with van der Waals surface area (Å²) in [5, 5.41) is 0. The highest BCUT2D eigenvalue weighted by atomic mass is 16.7. The fourth-order valence-electron chi connectivity index (χ4n) is 1.76. The van der Waals surface area contributed by atoms with Gasteiger partial charge in [-0.3, -0.25) is 4.79 Å². The van der Waals surface area contributed by atoms with Crippen LogP contribution in [0.5, 0.6) is 0 Å². The van der Waals surface area contributed by atoms with Crippen LogP contribution in [0.25, 0.3) is 0 Å². The molecular weight excluding hydrogens is 240 g/mol. The van der Waals surface area contributed by atoms with Crippen molar-refractivity contribution in [3.63, 3.8) is 0 Å². The van der Waals surface area contributed by atoms with Crippen molar-refractivity contribution in [2.45, 2.75) is 71.6 Å². The predicted octanol–water partition coefficient (Wildman–Crippen LogP) is 4.61. The molecule has 0 N–H and O–H groups in total. The molecule has 112 valence electrons. The van der Waals surface area contributed by atoms with E-state index in [4.69, 9.17) is 9.47 Å². The average Bonchev–Trinajstić information content (AvgIpc) is 2.44. The molecule has 3 nitrogen and oxygen atoms in total. The number of carbonyl (C=O) groups excluding carboxylic acids is 1. The number of allylic oxidation sites excluding steroid dienone is 2. The molecule has 0 atom stereocenters. The molecule has 0 aliphatic heterocycles. The third-order valence-electron chi connectivity index (χ3n) is 2.95. The van der Waals surface area contributed by atoms with Gasteiger partial charge in [-0.2, -0.15) is 0 Å². The Morgan fingerprint density at radius 2 is 1.63 bits per heavy atom. The van der Waals surface area contributed by atoms with E-state index in [2.05, 4.69) is 13.8 Å². The van der Waals surface area contributed by atoms with Gasteiger partial charge in [0.2, 0.25) is 0 Å². The number of aldehydes is 1. The van der Waals surface area contributed by atoms with Gasteiger partial charge in [0.15, 0.2) is 18.8 Å². The Hall–Kier alpha value is -0.830. The van der Waals surface area contributed by atoms with Crippen molar-refractivity contribution in [2.75, 3.05) is 13.4 Å². The first-order chi connectivity index (χ1) is 9.35. The fourth-order valence-corrected chi connectivity index (χ4v) is 1.76. The van der Waals surface area contributed by atoms with Gasteiger partial charge in [0.05, 0.1) is 6.61 Å². The van der Waals surface area contributed by atoms with E-state index >= 15 is 0 Å². The Morgan fingerprint density at radius 3 is 2.26 bits per heavy atom. The lowest BCUT2D eigenvalue weighted by molar-refractivity contribution is -0.111. The molecule has 0 heterocycles. The van der Waals surface area contributed by atoms with Gasteiger partial charge in [-0.15, -0.1) is 0 Å². The lowest BCUT2D eigenvalue weighted by Gasteiger charge is -2.06. The summed E-state index contributed by atoms with van der Waals surface area (Å²) >= 11 is 0. The van der Waals surface area contributed by atoms with E-state index in [9.17, 15) is 4.79 Å². The quantitative estimate of drug-likeness (QED) is 0.152. The minimum absolute atomic E-state index is 0.185. The molecule has 0 aromatic carbocycles. The molecule has 0 aromatic rings. The van der Waals surface area contributed by atoms with E-state index in [0.717, 1.165) is 25.5 Å². The summed E-state index contributed by atoms with van der Waals surface area (Å²) in [6, 6.07) is 0. The van der Waals surface area contributed by atoms with Crippen molar-refractivity contribution in [1.29, 1.82) is 0 Å². The molecule has 3 heteroatoms. The summed E-state index contributed by atoms with van der Waals surface area (Å²) < 4.78 is 10.6. The maximum atomic E-state index is 10.7. The number of hydrogen-bond donors (Lipinski definition) is 0. The van der Waals surface area contributed by atoms with Gasteiger partial charge in [-0.1, -0.05) is 58.8 Å². The highest BCUT2D eigenvalue weighted by molar-refractivity contribution is 5.69. The molecule has 0 aromatic heterocycles. The van der Waals surface area contributed by atoms with Crippen LogP contribution < -0.4 is 0 Å². The number of carbonyl (C=O) groups is 1. The standard InChI is InChI=1S/C16H30O3/c1-3-5-7-8-9-10-11-13-18-15-19-16(14-17)12-6-4-2/h12,14H,3-11,13,15H2,1-2H3. The van der Waals surface area contributed by atoms with Gasteiger partial charge in [0.25, 0.3) is 0 Å². The summed E-state index contributed by atoms with van der Waals surface area (Å²) in [4.78, 5) is 10.7. The number of hydrogen-bond acceptors (Lipinski definition) is 3. The maximum absolute atomic E-state index is 10.7. The second-order valence-electron chi connectivity index (χ2n) is 4.80. The number of unbranched alkanes of at least 4 members (excludes halogenated alkanes) is 7. The van der Waals surface area contributed by atoms with Gasteiger partial charge >= 0.3 is 0 Å². The summed E-state index contributed by atoms with van der Waals surface area (Å²) in [6.07, 6.45) is 13.3. The monoisotopic (exact) mass is 270 g/mol. The normalized spacial score (nSPS) is 11.6. The second kappa shape index (κ2) is 15.2. The minimum Gasteiger partial charge on any atom is -0.464 e. The van der Waals surface area contributed by atoms with Crippen LogP contribution in [-0.4, -0.2) is 19.7 Å². The molecule has 0 aliphatic carbocycles. The zero-order valence-electron chi connectivity index (χ0n) is 12.7. The molecule has 0 radical (unpaired) electrons. The molecule has 19 heavy (non-hydrogen) atoms. The van der Waals surface area contributed by atoms with Crippen LogP contribution in [0.1, 0.15) is 71.6 Å². The Bertz CT molecular complexity index is 224. The fraction of sp³-hybridized carbons (Fsp3) is 0.812. The largest absolute Gasteiger partial charge is 0.464 e. The van der Waals surface area contributed by atoms with Crippen LogP contribution in [0.2, 0.25) is 0 Å². The minimum atomic E-state index is 0.185. The molecule has 0 spiro atoms. The average molecular weight is 270 g/mol. The number of rotatable bonds is 14. The molecule has 0 bridgehead atoms. The SMILES string of the molecule is CCCC=C(C=O)OCOCCCCCCCCC. The van der Waals surface area contributed by atoms with Crippen LogP contribution in [0, 0.1) is 0 Å². The molecule has 0 rings (SSSR count). The summed E-state index contributed by atoms with van der Waals surface area (Å²) in [7, 11) is 0. The topological polar surface area (TPSA) is 35.5 Å². The van der Waals surface area contributed by atoms with E-state index in [1.54, 1.807) is 0 Å². The predicted molar refractivity (Wildman–Crippen MR) is 79.0 cm³/mol. The van der Waals surface area contributed by atoms with Crippen molar-refractivity contribution in [3.05, 3.63) is 11.8 Å². The molecule has 0 saturated carbocycles. The third-order valence-corrected chi connectivity index (χ3v) is 2.95. The Kier molecular flexibility index (Phi) is 14.6. The van der Waals surface area contributed by atoms with Crippen molar-refractivity contribution < 1.29 is 14.3 Å². The Morgan fingerprint density at radius 1 is 0.947 bits per heavy atom. The lowest BCUT2D eigenvalue weighted by Crippen LogP contribution is -2.02. The Balaban J connectivity index is 3.27. The summed E-state index contributed by atoms with van der Waals surface area (Å²) in [5.41, 5.74) is 0. The van der Waals surface area contributed by atoms with E-state index in [-0.39, 0.29) is 6.79 Å². The summed E-state index contributed by atoms with van der Waals surface area (Å²) in [5.74, 6) is 0.390. The first-order valence-corrected chi connectivity index (χ1v) is 7.71. The Labute approximate surface area is 118 Å². The van der Waals surface area contributed by atoms with Crippen molar-refractivity contribution in [3.8, 4) is 0 Å². The summed E-state index contributed by atoms with van der Waals surface area (Å²) in [6.45, 7) is 5.20. The molecule has 0 unspecified atom stereocenters. The van der Waals surface area contributed by atoms with Crippen molar-refractivity contribution in [2.24, 2.45) is 0 Å². The van der Waals surface area contributed by atoms with Gasteiger partial charge in [-0.25, -0.2) is 0 Å². The van der Waals surface area contributed by atoms with Crippen LogP contribution in [-0.2, 0) is 14.3 Å². The van der Waals surface area contributed by atoms with Gasteiger partial charge < -0.3 is 9.47 Å². The highest BCUT2D eigenvalue weighted by Gasteiger charge is 1.96. The highest BCUT2D eigenvalue weighted by Crippen LogP contribution is 2.07. The van der Waals surface area contributed by atoms with E-state index in [1.807, 2.05) is 6.08 Å². The van der Waals surface area contributed by atoms with Crippen molar-refractivity contribution >= 4 is 6.29 Å². The van der Waals surface area contributed by atoms with E-state index < -0.39 is 0 Å². The third kappa shape index (κ3) is 13.4.